The molecule has 0 unspecified atom stereocenters. The highest BCUT2D eigenvalue weighted by Crippen LogP contribution is 2.12. The molecule has 0 heterocycles. The molecule has 0 fully saturated rings. The summed E-state index contributed by atoms with van der Waals surface area (Å²) in [6.45, 7) is 2.00. The summed E-state index contributed by atoms with van der Waals surface area (Å²) in [5.74, 6) is 0.676. The van der Waals surface area contributed by atoms with E-state index in [2.05, 4.69) is 12.2 Å². The molecule has 0 aliphatic carbocycles. The molecule has 0 saturated carbocycles. The maximum Gasteiger partial charge on any atom is 0.260 e. The van der Waals surface area contributed by atoms with Gasteiger partial charge < -0.3 is 4.74 Å². The van der Waals surface area contributed by atoms with Gasteiger partial charge in [-0.05, 0) is 42.9 Å². The Morgan fingerprint density at radius 2 is 1.91 bits per heavy atom. The van der Waals surface area contributed by atoms with Crippen molar-refractivity contribution in [1.29, 1.82) is 0 Å². The molecule has 1 rings (SSSR count). The molecule has 11 heavy (non-hydrogen) atoms. The molecule has 0 spiro atoms. The lowest BCUT2D eigenvalue weighted by Crippen LogP contribution is -1.94. The van der Waals surface area contributed by atoms with Gasteiger partial charge in [-0.15, -0.1) is 0 Å². The predicted octanol–water partition coefficient (Wildman–Crippen LogP) is 2.90. The summed E-state index contributed by atoms with van der Waals surface area (Å²) < 4.78 is 4.99. The van der Waals surface area contributed by atoms with Crippen LogP contribution in [0, 0.1) is 6.92 Å². The zero-order valence-electron chi connectivity index (χ0n) is 6.00. The lowest BCUT2D eigenvalue weighted by Gasteiger charge is -2.00. The van der Waals surface area contributed by atoms with Crippen LogP contribution < -0.4 is 4.74 Å². The Labute approximate surface area is 75.9 Å². The first kappa shape index (κ1) is 8.50. The molecule has 0 radical (unpaired) electrons. The first-order valence-corrected chi connectivity index (χ1v) is 3.91. The van der Waals surface area contributed by atoms with E-state index in [0.717, 1.165) is 0 Å². The highest BCUT2D eigenvalue weighted by Gasteiger charge is 1.94. The quantitative estimate of drug-likeness (QED) is 0.493. The summed E-state index contributed by atoms with van der Waals surface area (Å²) >= 11 is 9.91. The third kappa shape index (κ3) is 2.87. The van der Waals surface area contributed by atoms with Crippen molar-refractivity contribution in [1.82, 2.24) is 0 Å². The van der Waals surface area contributed by atoms with Gasteiger partial charge in [0, 0.05) is 0 Å². The minimum absolute atomic E-state index is 0.0221. The third-order valence-electron chi connectivity index (χ3n) is 1.22. The minimum Gasteiger partial charge on any atom is -0.436 e. The Morgan fingerprint density at radius 1 is 1.36 bits per heavy atom. The molecule has 0 amide bonds. The number of hydrogen-bond donors (Lipinski definition) is 0. The van der Waals surface area contributed by atoms with Crippen molar-refractivity contribution in [2.24, 2.45) is 0 Å². The van der Waals surface area contributed by atoms with Gasteiger partial charge >= 0.3 is 0 Å². The molecule has 58 valence electrons. The van der Waals surface area contributed by atoms with E-state index in [-0.39, 0.29) is 4.51 Å². The molecule has 0 N–H and O–H groups in total. The van der Waals surface area contributed by atoms with E-state index in [1.165, 1.54) is 5.56 Å². The van der Waals surface area contributed by atoms with Crippen molar-refractivity contribution < 1.29 is 4.74 Å². The van der Waals surface area contributed by atoms with Crippen LogP contribution in [0.2, 0.25) is 0 Å². The van der Waals surface area contributed by atoms with E-state index in [0.29, 0.717) is 5.75 Å². The molecule has 3 heteroatoms. The topological polar surface area (TPSA) is 9.23 Å². The summed E-state index contributed by atoms with van der Waals surface area (Å²) in [5, 5.41) is 0. The molecular formula is C8H7ClOS. The van der Waals surface area contributed by atoms with E-state index in [9.17, 15) is 0 Å². The number of benzene rings is 1. The van der Waals surface area contributed by atoms with Crippen molar-refractivity contribution in [3.8, 4) is 5.75 Å². The average molecular weight is 187 g/mol. The van der Waals surface area contributed by atoms with Crippen LogP contribution in [0.1, 0.15) is 5.56 Å². The number of thiocarbonyl (C=S) groups is 1. The maximum absolute atomic E-state index is 5.36. The second-order valence-electron chi connectivity index (χ2n) is 2.15. The standard InChI is InChI=1S/C8H7ClOS/c1-6-2-4-7(5-3-6)10-8(9)11/h2-5H,1H3. The Morgan fingerprint density at radius 3 is 2.36 bits per heavy atom. The van der Waals surface area contributed by atoms with Gasteiger partial charge in [0.05, 0.1) is 0 Å². The number of ether oxygens (including phenoxy) is 1. The average Bonchev–Trinajstić information content (AvgIpc) is 1.93. The van der Waals surface area contributed by atoms with E-state index in [1.807, 2.05) is 31.2 Å². The molecule has 1 nitrogen and oxygen atoms in total. The summed E-state index contributed by atoms with van der Waals surface area (Å²) in [5.41, 5.74) is 1.18. The molecule has 0 atom stereocenters. The predicted molar refractivity (Wildman–Crippen MR) is 50.3 cm³/mol. The summed E-state index contributed by atoms with van der Waals surface area (Å²) in [6, 6.07) is 7.52. The van der Waals surface area contributed by atoms with E-state index in [1.54, 1.807) is 0 Å². The smallest absolute Gasteiger partial charge is 0.260 e. The van der Waals surface area contributed by atoms with Crippen molar-refractivity contribution in [2.45, 2.75) is 6.92 Å². The monoisotopic (exact) mass is 186 g/mol. The Balaban J connectivity index is 2.74. The van der Waals surface area contributed by atoms with Crippen molar-refractivity contribution in [3.63, 3.8) is 0 Å². The van der Waals surface area contributed by atoms with Gasteiger partial charge in [0.15, 0.2) is 0 Å². The molecule has 0 bridgehead atoms. The van der Waals surface area contributed by atoms with Crippen LogP contribution in [0.5, 0.6) is 5.75 Å². The fourth-order valence-electron chi connectivity index (χ4n) is 0.699. The van der Waals surface area contributed by atoms with Gasteiger partial charge in [0.1, 0.15) is 5.75 Å². The molecule has 0 aromatic heterocycles. The second kappa shape index (κ2) is 3.69. The minimum atomic E-state index is 0.0221. The highest BCUT2D eigenvalue weighted by atomic mass is 35.5. The maximum atomic E-state index is 5.36. The van der Waals surface area contributed by atoms with Crippen LogP contribution >= 0.6 is 23.8 Å². The van der Waals surface area contributed by atoms with Crippen molar-refractivity contribution in [3.05, 3.63) is 29.8 Å². The van der Waals surface area contributed by atoms with E-state index >= 15 is 0 Å². The molecule has 0 aliphatic heterocycles. The highest BCUT2D eigenvalue weighted by molar-refractivity contribution is 7.82. The summed E-state index contributed by atoms with van der Waals surface area (Å²) in [6.07, 6.45) is 0. The van der Waals surface area contributed by atoms with E-state index in [4.69, 9.17) is 16.3 Å². The van der Waals surface area contributed by atoms with Crippen LogP contribution in [0.4, 0.5) is 0 Å². The molecule has 0 saturated heterocycles. The van der Waals surface area contributed by atoms with E-state index < -0.39 is 0 Å². The molecule has 0 aliphatic rings. The van der Waals surface area contributed by atoms with Gasteiger partial charge in [0.2, 0.25) is 0 Å². The first-order valence-electron chi connectivity index (χ1n) is 3.12. The number of halogens is 1. The molecule has 1 aromatic rings. The lowest BCUT2D eigenvalue weighted by atomic mass is 10.2. The summed E-state index contributed by atoms with van der Waals surface area (Å²) in [7, 11) is 0. The summed E-state index contributed by atoms with van der Waals surface area (Å²) in [4.78, 5) is 0. The Bertz CT molecular complexity index is 255. The lowest BCUT2D eigenvalue weighted by molar-refractivity contribution is 0.577. The zero-order chi connectivity index (χ0) is 8.27. The third-order valence-corrected chi connectivity index (χ3v) is 1.38. The first-order chi connectivity index (χ1) is 5.18. The van der Waals surface area contributed by atoms with Crippen LogP contribution in [-0.4, -0.2) is 4.51 Å². The van der Waals surface area contributed by atoms with Crippen LogP contribution in [0.15, 0.2) is 24.3 Å². The van der Waals surface area contributed by atoms with Gasteiger partial charge in [-0.2, -0.15) is 0 Å². The molecule has 1 aromatic carbocycles. The van der Waals surface area contributed by atoms with Crippen LogP contribution in [0.3, 0.4) is 0 Å². The van der Waals surface area contributed by atoms with Gasteiger partial charge in [0.25, 0.3) is 4.51 Å². The van der Waals surface area contributed by atoms with Crippen molar-refractivity contribution in [2.75, 3.05) is 0 Å². The van der Waals surface area contributed by atoms with Crippen LogP contribution in [-0.2, 0) is 0 Å². The van der Waals surface area contributed by atoms with Gasteiger partial charge in [-0.25, -0.2) is 0 Å². The fourth-order valence-corrected chi connectivity index (χ4v) is 0.884. The number of hydrogen-bond acceptors (Lipinski definition) is 2. The van der Waals surface area contributed by atoms with Gasteiger partial charge in [-0.1, -0.05) is 17.7 Å². The second-order valence-corrected chi connectivity index (χ2v) is 3.09. The number of aryl methyl sites for hydroxylation is 1. The van der Waals surface area contributed by atoms with Crippen LogP contribution in [0.25, 0.3) is 0 Å². The van der Waals surface area contributed by atoms with Crippen molar-refractivity contribution >= 4 is 28.3 Å². The largest absolute Gasteiger partial charge is 0.436 e. The number of rotatable bonds is 1. The van der Waals surface area contributed by atoms with Gasteiger partial charge in [-0.3, -0.25) is 0 Å². The molecular weight excluding hydrogens is 180 g/mol. The zero-order valence-corrected chi connectivity index (χ0v) is 7.58. The Kier molecular flexibility index (Phi) is 2.85. The SMILES string of the molecule is Cc1ccc(OC(=S)Cl)cc1. The fraction of sp³-hybridized carbons (Fsp3) is 0.125. The Hall–Kier alpha value is -0.600. The normalized spacial score (nSPS) is 9.27.